The van der Waals surface area contributed by atoms with Gasteiger partial charge in [0.2, 0.25) is 0 Å². The number of nitrogens with zero attached hydrogens (tertiary/aromatic N) is 2. The van der Waals surface area contributed by atoms with E-state index in [0.29, 0.717) is 44.9 Å². The van der Waals surface area contributed by atoms with Crippen molar-refractivity contribution in [3.63, 3.8) is 0 Å². The zero-order chi connectivity index (χ0) is 28.4. The first-order valence-electron chi connectivity index (χ1n) is 12.0. The lowest BCUT2D eigenvalue weighted by Crippen LogP contribution is -2.18. The van der Waals surface area contributed by atoms with Crippen molar-refractivity contribution in [1.29, 1.82) is 0 Å². The maximum Gasteiger partial charge on any atom is 0.328 e. The molecule has 0 spiro atoms. The molecule has 0 amide bonds. The third kappa shape index (κ3) is 8.12. The molecule has 2 aromatic carbocycles. The minimum Gasteiger partial charge on any atom is -0.493 e. The number of nitrogens with one attached hydrogen (secondary N) is 1. The largest absolute Gasteiger partial charge is 0.493 e. The Morgan fingerprint density at radius 3 is 2.59 bits per heavy atom. The highest BCUT2D eigenvalue weighted by molar-refractivity contribution is 6.36. The van der Waals surface area contributed by atoms with Gasteiger partial charge >= 0.3 is 5.97 Å². The number of aromatic nitrogens is 2. The zero-order valence-corrected chi connectivity index (χ0v) is 23.4. The van der Waals surface area contributed by atoms with Crippen molar-refractivity contribution >= 4 is 34.9 Å². The fraction of sp³-hybridized carbons (Fsp3) is 0.241. The number of hydrogen-bond donors (Lipinski definition) is 1. The van der Waals surface area contributed by atoms with Crippen molar-refractivity contribution in [3.8, 4) is 11.5 Å². The van der Waals surface area contributed by atoms with Gasteiger partial charge in [0.25, 0.3) is 0 Å². The van der Waals surface area contributed by atoms with E-state index in [9.17, 15) is 9.18 Å². The average Bonchev–Trinajstić information content (AvgIpc) is 3.40. The molecule has 7 nitrogen and oxygen atoms in total. The van der Waals surface area contributed by atoms with Crippen LogP contribution in [0.3, 0.4) is 0 Å². The van der Waals surface area contributed by atoms with Crippen LogP contribution in [0.1, 0.15) is 30.6 Å². The Labute approximate surface area is 237 Å². The number of hydrogen-bond acceptors (Lipinski definition) is 6. The molecule has 0 radical (unpaired) electrons. The normalized spacial score (nSPS) is 12.8. The molecule has 3 aromatic rings. The Morgan fingerprint density at radius 1 is 1.18 bits per heavy atom. The van der Waals surface area contributed by atoms with Crippen LogP contribution < -0.4 is 14.8 Å². The summed E-state index contributed by atoms with van der Waals surface area (Å²) in [5.41, 5.74) is 2.38. The third-order valence-corrected chi connectivity index (χ3v) is 6.62. The quantitative estimate of drug-likeness (QED) is 0.173. The number of methoxy groups -OCH3 is 2. The smallest absolute Gasteiger partial charge is 0.328 e. The van der Waals surface area contributed by atoms with Crippen LogP contribution in [0.2, 0.25) is 0 Å². The monoisotopic (exact) mass is 573 g/mol. The molecule has 0 saturated heterocycles. The summed E-state index contributed by atoms with van der Waals surface area (Å²) in [5.74, 6) is 0.133. The van der Waals surface area contributed by atoms with E-state index in [1.54, 1.807) is 61.8 Å². The van der Waals surface area contributed by atoms with Gasteiger partial charge in [0.05, 0.1) is 26.1 Å². The number of rotatable bonds is 13. The Hall–Kier alpha value is -3.75. The van der Waals surface area contributed by atoms with Gasteiger partial charge in [-0.15, -0.1) is 0 Å². The molecule has 1 N–H and O–H groups in total. The van der Waals surface area contributed by atoms with Crippen LogP contribution in [0.25, 0.3) is 0 Å². The van der Waals surface area contributed by atoms with E-state index in [-0.39, 0.29) is 18.8 Å². The predicted octanol–water partition coefficient (Wildman–Crippen LogP) is 7.15. The van der Waals surface area contributed by atoms with Gasteiger partial charge in [0.15, 0.2) is 11.5 Å². The Bertz CT molecular complexity index is 1370. The van der Waals surface area contributed by atoms with E-state index in [1.807, 2.05) is 0 Å². The minimum atomic E-state index is -0.757. The van der Waals surface area contributed by atoms with Crippen LogP contribution in [0, 0.1) is 5.82 Å². The Balaban J connectivity index is 1.79. The molecular weight excluding hydrogens is 544 g/mol. The number of anilines is 1. The van der Waals surface area contributed by atoms with E-state index >= 15 is 0 Å². The number of carbonyl (C=O) groups is 1. The van der Waals surface area contributed by atoms with Crippen molar-refractivity contribution in [3.05, 3.63) is 106 Å². The SMILES string of the molecule is C=C/C(Cl)=C(C[C@H](OC(=O)Cn1cc(CNc2ccccc2F)cn1)c1ccc(OC)c(OC)c1)\C(Cl)=C/C. The van der Waals surface area contributed by atoms with Gasteiger partial charge in [-0.1, -0.05) is 60.1 Å². The van der Waals surface area contributed by atoms with Crippen molar-refractivity contribution < 1.29 is 23.4 Å². The number of carbonyl (C=O) groups excluding carboxylic acids is 1. The summed E-state index contributed by atoms with van der Waals surface area (Å²) in [6.07, 6.45) is 5.91. The maximum atomic E-state index is 13.9. The van der Waals surface area contributed by atoms with Crippen molar-refractivity contribution in [2.75, 3.05) is 19.5 Å². The second kappa shape index (κ2) is 14.4. The molecule has 1 atom stereocenters. The molecule has 0 aliphatic carbocycles. The fourth-order valence-corrected chi connectivity index (χ4v) is 4.19. The van der Waals surface area contributed by atoms with Crippen LogP contribution in [0.15, 0.2) is 89.2 Å². The highest BCUT2D eigenvalue weighted by atomic mass is 35.5. The molecule has 0 aliphatic heterocycles. The van der Waals surface area contributed by atoms with Crippen molar-refractivity contribution in [1.82, 2.24) is 9.78 Å². The van der Waals surface area contributed by atoms with E-state index in [4.69, 9.17) is 37.4 Å². The fourth-order valence-electron chi connectivity index (χ4n) is 3.79. The molecule has 39 heavy (non-hydrogen) atoms. The van der Waals surface area contributed by atoms with Crippen molar-refractivity contribution in [2.24, 2.45) is 0 Å². The first-order valence-corrected chi connectivity index (χ1v) is 12.8. The summed E-state index contributed by atoms with van der Waals surface area (Å²) < 4.78 is 32.0. The number of benzene rings is 2. The maximum absolute atomic E-state index is 13.9. The third-order valence-electron chi connectivity index (χ3n) is 5.79. The van der Waals surface area contributed by atoms with Crippen LogP contribution in [-0.4, -0.2) is 30.0 Å². The molecule has 0 saturated carbocycles. The Morgan fingerprint density at radius 2 is 1.92 bits per heavy atom. The zero-order valence-electron chi connectivity index (χ0n) is 21.9. The van der Waals surface area contributed by atoms with Crippen LogP contribution in [-0.2, 0) is 22.6 Å². The van der Waals surface area contributed by atoms with Gasteiger partial charge in [-0.3, -0.25) is 9.48 Å². The molecule has 1 aromatic heterocycles. The molecule has 0 bridgehead atoms. The van der Waals surface area contributed by atoms with Gasteiger partial charge in [-0.05, 0) is 42.3 Å². The summed E-state index contributed by atoms with van der Waals surface area (Å²) in [6.45, 7) is 5.70. The molecule has 10 heteroatoms. The summed E-state index contributed by atoms with van der Waals surface area (Å²) in [6, 6.07) is 11.6. The summed E-state index contributed by atoms with van der Waals surface area (Å²) >= 11 is 12.8. The van der Waals surface area contributed by atoms with E-state index < -0.39 is 12.1 Å². The van der Waals surface area contributed by atoms with Gasteiger partial charge in [0.1, 0.15) is 18.5 Å². The lowest BCUT2D eigenvalue weighted by Gasteiger charge is -2.22. The number of ether oxygens (including phenoxy) is 3. The average molecular weight is 574 g/mol. The lowest BCUT2D eigenvalue weighted by atomic mass is 9.99. The topological polar surface area (TPSA) is 74.6 Å². The standard InChI is InChI=1S/C29H30Cl2FN3O4/c1-5-22(30)21(23(31)6-2)14-27(20-11-12-26(37-3)28(13-20)38-4)39-29(36)18-35-17-19(16-34-35)15-33-25-10-8-7-9-24(25)32/h5-13,16-17,27,33H,1,14-15,18H2,2-4H3/b22-21+,23-6+/t27-/m0/s1. The highest BCUT2D eigenvalue weighted by Gasteiger charge is 2.23. The molecule has 0 unspecified atom stereocenters. The first-order chi connectivity index (χ1) is 18.8. The Kier molecular flexibility index (Phi) is 11.0. The number of allylic oxidation sites excluding steroid dienone is 4. The van der Waals surface area contributed by atoms with E-state index in [0.717, 1.165) is 5.56 Å². The van der Waals surface area contributed by atoms with Crippen LogP contribution in [0.4, 0.5) is 10.1 Å². The second-order valence-electron chi connectivity index (χ2n) is 8.34. The van der Waals surface area contributed by atoms with E-state index in [2.05, 4.69) is 17.0 Å². The number of esters is 1. The van der Waals surface area contributed by atoms with Gasteiger partial charge in [-0.2, -0.15) is 5.10 Å². The van der Waals surface area contributed by atoms with E-state index in [1.165, 1.54) is 31.0 Å². The molecular formula is C29H30Cl2FN3O4. The van der Waals surface area contributed by atoms with Gasteiger partial charge in [-0.25, -0.2) is 4.39 Å². The van der Waals surface area contributed by atoms with Crippen LogP contribution >= 0.6 is 23.2 Å². The highest BCUT2D eigenvalue weighted by Crippen LogP contribution is 2.37. The minimum absolute atomic E-state index is 0.144. The summed E-state index contributed by atoms with van der Waals surface area (Å²) in [7, 11) is 3.06. The number of halogens is 3. The molecule has 1 heterocycles. The van der Waals surface area contributed by atoms with Gasteiger partial charge in [0, 0.05) is 34.8 Å². The van der Waals surface area contributed by atoms with Gasteiger partial charge < -0.3 is 19.5 Å². The lowest BCUT2D eigenvalue weighted by molar-refractivity contribution is -0.150. The predicted molar refractivity (Wildman–Crippen MR) is 152 cm³/mol. The molecule has 3 rings (SSSR count). The summed E-state index contributed by atoms with van der Waals surface area (Å²) in [5, 5.41) is 8.01. The molecule has 206 valence electrons. The number of para-hydroxylation sites is 1. The second-order valence-corrected chi connectivity index (χ2v) is 9.16. The summed E-state index contributed by atoms with van der Waals surface area (Å²) in [4.78, 5) is 13.0. The van der Waals surface area contributed by atoms with Crippen molar-refractivity contribution in [2.45, 2.75) is 32.5 Å². The molecule has 0 fully saturated rings. The van der Waals surface area contributed by atoms with Crippen LogP contribution in [0.5, 0.6) is 11.5 Å². The first kappa shape index (κ1) is 29.8. The molecule has 0 aliphatic rings.